The largest absolute Gasteiger partial charge is 0.377 e. The minimum Gasteiger partial charge on any atom is -0.377 e. The van der Waals surface area contributed by atoms with E-state index in [1.165, 1.54) is 26.4 Å². The summed E-state index contributed by atoms with van der Waals surface area (Å²) in [6.07, 6.45) is 5.70. The number of carbonyl (C=O) groups is 6. The fourth-order valence-electron chi connectivity index (χ4n) is 8.70. The van der Waals surface area contributed by atoms with Gasteiger partial charge < -0.3 is 63.5 Å². The molecule has 22 nitrogen and oxygen atoms in total. The van der Waals surface area contributed by atoms with E-state index < -0.39 is 77.7 Å². The number of benzene rings is 2. The van der Waals surface area contributed by atoms with Crippen LogP contribution in [0.3, 0.4) is 0 Å². The van der Waals surface area contributed by atoms with Gasteiger partial charge in [0.15, 0.2) is 5.96 Å². The lowest BCUT2D eigenvalue weighted by Gasteiger charge is -2.40. The van der Waals surface area contributed by atoms with Crippen molar-refractivity contribution >= 4 is 63.9 Å². The summed E-state index contributed by atoms with van der Waals surface area (Å²) in [5.41, 5.74) is 11.8. The number of hydrogen-bond acceptors (Lipinski definition) is 12. The topological polar surface area (TPSA) is 348 Å². The van der Waals surface area contributed by atoms with Gasteiger partial charge >= 0.3 is 0 Å². The fourth-order valence-corrected chi connectivity index (χ4v) is 8.91. The summed E-state index contributed by atoms with van der Waals surface area (Å²) in [5.74, 6) is -3.41. The molecule has 0 bridgehead atoms. The summed E-state index contributed by atoms with van der Waals surface area (Å²) in [7, 11) is 0. The molecule has 16 N–H and O–H groups in total. The molecule has 5 rings (SSSR count). The van der Waals surface area contributed by atoms with Crippen LogP contribution >= 0.6 is 11.6 Å². The van der Waals surface area contributed by atoms with Crippen LogP contribution in [0.1, 0.15) is 95.4 Å². The molecule has 2 unspecified atom stereocenters. The maximum Gasteiger partial charge on any atom is 0.243 e. The van der Waals surface area contributed by atoms with Crippen molar-refractivity contribution in [2.45, 2.75) is 146 Å². The molecular formula is C50H73ClN14O8. The molecule has 4 aromatic rings. The number of imidazole rings is 1. The average molecular weight is 1030 g/mol. The predicted molar refractivity (Wildman–Crippen MR) is 277 cm³/mol. The molecule has 3 heterocycles. The molecule has 1 saturated heterocycles. The number of unbranched alkanes of at least 4 members (excludes halogenated alkanes) is 1. The molecular weight excluding hydrogens is 960 g/mol. The van der Waals surface area contributed by atoms with Crippen LogP contribution in [-0.4, -0.2) is 134 Å². The molecule has 0 spiro atoms. The number of amides is 6. The van der Waals surface area contributed by atoms with Gasteiger partial charge in [-0.1, -0.05) is 67.8 Å². The highest BCUT2D eigenvalue weighted by molar-refractivity contribution is 6.31. The molecule has 23 heteroatoms. The Morgan fingerprint density at radius 3 is 2.32 bits per heavy atom. The molecule has 73 heavy (non-hydrogen) atoms. The number of aromatic amines is 2. The van der Waals surface area contributed by atoms with Crippen molar-refractivity contribution < 1.29 is 39.0 Å². The number of aliphatic hydroxyl groups excluding tert-OH is 1. The second kappa shape index (κ2) is 28.6. The highest BCUT2D eigenvalue weighted by Gasteiger charge is 2.40. The number of carbonyl (C=O) groups excluding carboxylic acids is 6. The van der Waals surface area contributed by atoms with E-state index in [0.29, 0.717) is 42.0 Å². The van der Waals surface area contributed by atoms with Crippen LogP contribution in [-0.2, 0) is 48.0 Å². The number of aliphatic imine (C=N–C) groups is 1. The first-order chi connectivity index (χ1) is 34.9. The monoisotopic (exact) mass is 1030 g/mol. The van der Waals surface area contributed by atoms with Crippen molar-refractivity contribution in [1.82, 2.24) is 57.5 Å². The van der Waals surface area contributed by atoms with Gasteiger partial charge in [-0.15, -0.1) is 0 Å². The summed E-state index contributed by atoms with van der Waals surface area (Å²) in [6.45, 7) is 5.22. The third-order valence-electron chi connectivity index (χ3n) is 12.7. The van der Waals surface area contributed by atoms with E-state index in [4.69, 9.17) is 23.1 Å². The van der Waals surface area contributed by atoms with E-state index in [1.54, 1.807) is 30.5 Å². The number of guanidine groups is 1. The number of halogens is 1. The zero-order valence-electron chi connectivity index (χ0n) is 41.8. The van der Waals surface area contributed by atoms with Gasteiger partial charge in [0.2, 0.25) is 35.4 Å². The summed E-state index contributed by atoms with van der Waals surface area (Å²) in [5, 5.41) is 49.1. The van der Waals surface area contributed by atoms with Gasteiger partial charge in [0, 0.05) is 79.8 Å². The molecule has 0 aliphatic carbocycles. The zero-order valence-corrected chi connectivity index (χ0v) is 42.5. The van der Waals surface area contributed by atoms with Crippen molar-refractivity contribution in [3.05, 3.63) is 89.1 Å². The van der Waals surface area contributed by atoms with Crippen LogP contribution in [0.4, 0.5) is 0 Å². The molecule has 1 aliphatic rings. The number of fused-ring (bicyclic) bond motifs is 1. The van der Waals surface area contributed by atoms with Crippen LogP contribution in [0.15, 0.2) is 72.2 Å². The van der Waals surface area contributed by atoms with Crippen LogP contribution in [0.25, 0.3) is 10.9 Å². The Kier molecular flexibility index (Phi) is 22.5. The smallest absolute Gasteiger partial charge is 0.243 e. The summed E-state index contributed by atoms with van der Waals surface area (Å²) >= 11 is 6.66. The maximum absolute atomic E-state index is 14.8. The molecule has 1 aliphatic heterocycles. The summed E-state index contributed by atoms with van der Waals surface area (Å²) in [4.78, 5) is 97.3. The number of aromatic nitrogens is 3. The Labute approximate surface area is 430 Å². The lowest BCUT2D eigenvalue weighted by atomic mass is 9.96. The van der Waals surface area contributed by atoms with E-state index in [1.807, 2.05) is 31.2 Å². The quantitative estimate of drug-likeness (QED) is 0.0414. The highest BCUT2D eigenvalue weighted by atomic mass is 35.5. The van der Waals surface area contributed by atoms with Crippen molar-refractivity contribution in [3.8, 4) is 0 Å². The first-order valence-electron chi connectivity index (χ1n) is 24.9. The first kappa shape index (κ1) is 57.3. The number of nitrogens with one attached hydrogen (secondary N) is 10. The number of H-pyrrole nitrogens is 2. The molecule has 2 aromatic heterocycles. The SMILES string of the molecule is CCCC[C@H](NC(C)=O)C(=O)N[C@H]1CCC(=O)NCCCCNC(=O)[C@H](Cc2c[nH]c3ccccc23)NC(=O)[C@H](CCCN=C(N)N)NC(=O)[C@@H](Cc2ccccc2Cl)NC(O)[C@H](Cc2cnc[nH]2)NC1(C)O. The first-order valence-corrected chi connectivity index (χ1v) is 25.3. The predicted octanol–water partition coefficient (Wildman–Crippen LogP) is 0.525. The Hall–Kier alpha value is -6.59. The van der Waals surface area contributed by atoms with E-state index >= 15 is 0 Å². The lowest BCUT2D eigenvalue weighted by molar-refractivity contribution is -0.133. The van der Waals surface area contributed by atoms with E-state index in [0.717, 1.165) is 22.9 Å². The van der Waals surface area contributed by atoms with Gasteiger partial charge in [-0.05, 0) is 75.1 Å². The van der Waals surface area contributed by atoms with Gasteiger partial charge in [0.25, 0.3) is 0 Å². The van der Waals surface area contributed by atoms with Crippen molar-refractivity contribution in [1.29, 1.82) is 0 Å². The molecule has 0 radical (unpaired) electrons. The molecule has 1 fully saturated rings. The Morgan fingerprint density at radius 2 is 1.60 bits per heavy atom. The van der Waals surface area contributed by atoms with Crippen molar-refractivity contribution in [2.24, 2.45) is 16.5 Å². The summed E-state index contributed by atoms with van der Waals surface area (Å²) < 4.78 is 0. The number of rotatable bonds is 16. The Balaban J connectivity index is 1.54. The third kappa shape index (κ3) is 18.4. The number of hydrogen-bond donors (Lipinski definition) is 14. The van der Waals surface area contributed by atoms with Gasteiger partial charge in [-0.25, -0.2) is 4.98 Å². The molecule has 398 valence electrons. The molecule has 0 saturated carbocycles. The average Bonchev–Trinajstić information content (AvgIpc) is 4.02. The highest BCUT2D eigenvalue weighted by Crippen LogP contribution is 2.22. The van der Waals surface area contributed by atoms with E-state index in [-0.39, 0.29) is 76.4 Å². The Morgan fingerprint density at radius 1 is 0.904 bits per heavy atom. The minimum atomic E-state index is -2.06. The minimum absolute atomic E-state index is 0.0212. The van der Waals surface area contributed by atoms with E-state index in [2.05, 4.69) is 62.5 Å². The van der Waals surface area contributed by atoms with Crippen LogP contribution in [0, 0.1) is 0 Å². The second-order valence-electron chi connectivity index (χ2n) is 18.6. The van der Waals surface area contributed by atoms with Crippen LogP contribution < -0.4 is 54.0 Å². The second-order valence-corrected chi connectivity index (χ2v) is 19.0. The number of para-hydroxylation sites is 1. The lowest BCUT2D eigenvalue weighted by Crippen LogP contribution is -2.67. The zero-order chi connectivity index (χ0) is 52.9. The maximum atomic E-state index is 14.8. The van der Waals surface area contributed by atoms with Gasteiger partial charge in [-0.3, -0.25) is 44.4 Å². The van der Waals surface area contributed by atoms with Crippen molar-refractivity contribution in [2.75, 3.05) is 19.6 Å². The Bertz CT molecular complexity index is 2460. The molecule has 8 atom stereocenters. The molecule has 2 aromatic carbocycles. The van der Waals surface area contributed by atoms with Gasteiger partial charge in [0.05, 0.1) is 24.5 Å². The molecule has 6 amide bonds. The van der Waals surface area contributed by atoms with Gasteiger partial charge in [0.1, 0.15) is 30.1 Å². The number of nitrogens with two attached hydrogens (primary N) is 2. The fraction of sp³-hybridized carbons (Fsp3) is 0.520. The van der Waals surface area contributed by atoms with Crippen LogP contribution in [0.5, 0.6) is 0 Å². The third-order valence-corrected chi connectivity index (χ3v) is 13.0. The van der Waals surface area contributed by atoms with Crippen molar-refractivity contribution in [3.63, 3.8) is 0 Å². The summed E-state index contributed by atoms with van der Waals surface area (Å²) in [6, 6.07) is 7.44. The standard InChI is InChI=1S/C50H73ClN14O8/c1-4-5-16-37(60-30(2)66)46(70)64-42-19-20-43(67)55-21-10-11-22-56-44(68)39(25-32-27-58-36-17-9-7-14-34(32)36)62-45(69)38(18-12-23-57-49(52)53)61-47(71)40(24-31-13-6-8-15-35(31)51)63-48(72)41(65-50(42,3)73)26-33-28-54-29-59-33/h6-9,13-15,17,27-29,37-42,48,58,63,65,72-73H,4-5,10-12,16,18-26H2,1-3H3,(H,54,59)(H,55,67)(H,56,68)(H,60,66)(H,61,71)(H,62,69)(H,64,70)(H4,52,53,57)/t37-,38-,39-,40+,41-,42-,48?,50?/m0/s1. The normalized spacial score (nSPS) is 23.8. The number of nitrogens with zero attached hydrogens (tertiary/aromatic N) is 2. The van der Waals surface area contributed by atoms with E-state index in [9.17, 15) is 39.0 Å². The van der Waals surface area contributed by atoms with Crippen LogP contribution in [0.2, 0.25) is 5.02 Å². The number of aliphatic hydroxyl groups is 2. The van der Waals surface area contributed by atoms with Gasteiger partial charge in [-0.2, -0.15) is 0 Å².